The molecule has 3 aromatic carbocycles. The van der Waals surface area contributed by atoms with Gasteiger partial charge in [-0.3, -0.25) is 19.6 Å². The third kappa shape index (κ3) is 5.49. The highest BCUT2D eigenvalue weighted by molar-refractivity contribution is 6.03. The summed E-state index contributed by atoms with van der Waals surface area (Å²) < 4.78 is 61.2. The number of non-ortho nitro benzene ring substituents is 1. The van der Waals surface area contributed by atoms with Crippen LogP contribution in [0.15, 0.2) is 66.9 Å². The maximum Gasteiger partial charge on any atom is 0.269 e. The van der Waals surface area contributed by atoms with Crippen LogP contribution in [0.25, 0.3) is 0 Å². The van der Waals surface area contributed by atoms with E-state index in [1.165, 1.54) is 36.5 Å². The van der Waals surface area contributed by atoms with Crippen LogP contribution in [0, 0.1) is 33.4 Å². The van der Waals surface area contributed by atoms with Crippen molar-refractivity contribution < 1.29 is 32.0 Å². The van der Waals surface area contributed by atoms with Gasteiger partial charge in [0.15, 0.2) is 29.1 Å². The Labute approximate surface area is 200 Å². The van der Waals surface area contributed by atoms with Gasteiger partial charge in [-0.2, -0.15) is 5.10 Å². The normalized spacial score (nSPS) is 10.8. The molecule has 8 nitrogen and oxygen atoms in total. The molecule has 0 atom stereocenters. The summed E-state index contributed by atoms with van der Waals surface area (Å²) in [5.74, 6) is -6.18. The third-order valence-electron chi connectivity index (χ3n) is 5.05. The van der Waals surface area contributed by atoms with Gasteiger partial charge in [0.2, 0.25) is 0 Å². The molecular formula is C24H16F4N4O4. The lowest BCUT2D eigenvalue weighted by Gasteiger charge is -2.08. The van der Waals surface area contributed by atoms with Crippen LogP contribution in [-0.4, -0.2) is 20.6 Å². The SMILES string of the molecule is O=C(Nc1ccn(Cc2c(F)c(F)cc(F)c2F)n1)c1cccc(COc2ccc([N+](=O)[O-])cc2)c1. The van der Waals surface area contributed by atoms with Gasteiger partial charge in [0.05, 0.1) is 17.0 Å². The molecule has 0 aliphatic rings. The van der Waals surface area contributed by atoms with Crippen LogP contribution < -0.4 is 10.1 Å². The number of aromatic nitrogens is 2. The number of ether oxygens (including phenoxy) is 1. The first-order chi connectivity index (χ1) is 17.2. The van der Waals surface area contributed by atoms with Crippen molar-refractivity contribution in [1.29, 1.82) is 0 Å². The second kappa shape index (κ2) is 10.3. The van der Waals surface area contributed by atoms with Crippen LogP contribution in [0.5, 0.6) is 5.75 Å². The number of nitro benzene ring substituents is 1. The first-order valence-electron chi connectivity index (χ1n) is 10.3. The molecule has 1 aromatic heterocycles. The highest BCUT2D eigenvalue weighted by Crippen LogP contribution is 2.21. The maximum atomic E-state index is 13.9. The number of carbonyl (C=O) groups is 1. The minimum Gasteiger partial charge on any atom is -0.489 e. The zero-order chi connectivity index (χ0) is 25.8. The summed E-state index contributed by atoms with van der Waals surface area (Å²) >= 11 is 0. The van der Waals surface area contributed by atoms with Crippen molar-refractivity contribution in [3.63, 3.8) is 0 Å². The quantitative estimate of drug-likeness (QED) is 0.155. The van der Waals surface area contributed by atoms with E-state index in [2.05, 4.69) is 10.4 Å². The van der Waals surface area contributed by atoms with Crippen LogP contribution in [-0.2, 0) is 13.2 Å². The number of nitro groups is 1. The van der Waals surface area contributed by atoms with Crippen LogP contribution in [0.4, 0.5) is 29.1 Å². The first kappa shape index (κ1) is 24.4. The number of halogens is 4. The van der Waals surface area contributed by atoms with Gasteiger partial charge in [-0.1, -0.05) is 12.1 Å². The van der Waals surface area contributed by atoms with Gasteiger partial charge in [-0.05, 0) is 29.8 Å². The van der Waals surface area contributed by atoms with Gasteiger partial charge >= 0.3 is 0 Å². The largest absolute Gasteiger partial charge is 0.489 e. The molecule has 0 spiro atoms. The zero-order valence-electron chi connectivity index (χ0n) is 18.3. The predicted molar refractivity (Wildman–Crippen MR) is 119 cm³/mol. The predicted octanol–water partition coefficient (Wildman–Crippen LogP) is 5.23. The number of benzene rings is 3. The molecule has 0 saturated carbocycles. The Bertz CT molecular complexity index is 1410. The van der Waals surface area contributed by atoms with Crippen LogP contribution in [0.1, 0.15) is 21.5 Å². The summed E-state index contributed by atoms with van der Waals surface area (Å²) in [7, 11) is 0. The summed E-state index contributed by atoms with van der Waals surface area (Å²) in [5.41, 5.74) is 0.000257. The summed E-state index contributed by atoms with van der Waals surface area (Å²) in [5, 5.41) is 17.2. The van der Waals surface area contributed by atoms with Gasteiger partial charge in [0.25, 0.3) is 11.6 Å². The molecular weight excluding hydrogens is 484 g/mol. The fourth-order valence-electron chi connectivity index (χ4n) is 3.26. The number of amides is 1. The summed E-state index contributed by atoms with van der Waals surface area (Å²) in [6.07, 6.45) is 1.28. The van der Waals surface area contributed by atoms with E-state index in [9.17, 15) is 32.5 Å². The number of rotatable bonds is 8. The Morgan fingerprint density at radius 1 is 1.00 bits per heavy atom. The average molecular weight is 500 g/mol. The van der Waals surface area contributed by atoms with Crippen molar-refractivity contribution in [2.45, 2.75) is 13.2 Å². The topological polar surface area (TPSA) is 99.3 Å². The maximum absolute atomic E-state index is 13.9. The zero-order valence-corrected chi connectivity index (χ0v) is 18.3. The van der Waals surface area contributed by atoms with Gasteiger partial charge in [-0.15, -0.1) is 0 Å². The minimum absolute atomic E-state index is 0.0465. The van der Waals surface area contributed by atoms with Gasteiger partial charge in [0.1, 0.15) is 12.4 Å². The van der Waals surface area contributed by atoms with Crippen LogP contribution in [0.3, 0.4) is 0 Å². The summed E-state index contributed by atoms with van der Waals surface area (Å²) in [6.45, 7) is -0.507. The van der Waals surface area contributed by atoms with E-state index in [4.69, 9.17) is 4.74 Å². The molecule has 0 saturated heterocycles. The number of nitrogens with one attached hydrogen (secondary N) is 1. The smallest absolute Gasteiger partial charge is 0.269 e. The summed E-state index contributed by atoms with van der Waals surface area (Å²) in [6, 6.07) is 13.5. The summed E-state index contributed by atoms with van der Waals surface area (Å²) in [4.78, 5) is 22.8. The van der Waals surface area contributed by atoms with Crippen LogP contribution >= 0.6 is 0 Å². The standard InChI is InChI=1S/C24H16F4N4O4/c25-19-11-20(26)23(28)18(22(19)27)12-31-9-8-21(30-31)29-24(33)15-3-1-2-14(10-15)13-36-17-6-4-16(5-7-17)32(34)35/h1-11H,12-13H2,(H,29,30,33). The van der Waals surface area contributed by atoms with Gasteiger partial charge < -0.3 is 10.1 Å². The molecule has 36 heavy (non-hydrogen) atoms. The molecule has 0 aliphatic heterocycles. The second-order valence-corrected chi connectivity index (χ2v) is 7.54. The van der Waals surface area contributed by atoms with Gasteiger partial charge in [-0.25, -0.2) is 17.6 Å². The number of nitrogens with zero attached hydrogens (tertiary/aromatic N) is 3. The Hall–Kier alpha value is -4.74. The molecule has 0 bridgehead atoms. The lowest BCUT2D eigenvalue weighted by molar-refractivity contribution is -0.384. The lowest BCUT2D eigenvalue weighted by atomic mass is 10.1. The highest BCUT2D eigenvalue weighted by Gasteiger charge is 2.20. The van der Waals surface area contributed by atoms with Crippen molar-refractivity contribution in [3.8, 4) is 5.75 Å². The molecule has 1 heterocycles. The molecule has 12 heteroatoms. The Morgan fingerprint density at radius 2 is 1.69 bits per heavy atom. The Kier molecular flexibility index (Phi) is 6.95. The minimum atomic E-state index is -1.53. The number of carbonyl (C=O) groups excluding carboxylic acids is 1. The molecule has 0 unspecified atom stereocenters. The van der Waals surface area contributed by atoms with Crippen molar-refractivity contribution in [2.75, 3.05) is 5.32 Å². The van der Waals surface area contributed by atoms with Crippen LogP contribution in [0.2, 0.25) is 0 Å². The molecule has 0 fully saturated rings. The monoisotopic (exact) mass is 500 g/mol. The highest BCUT2D eigenvalue weighted by atomic mass is 19.2. The Morgan fingerprint density at radius 3 is 2.36 bits per heavy atom. The molecule has 4 aromatic rings. The Balaban J connectivity index is 1.39. The molecule has 4 rings (SSSR count). The lowest BCUT2D eigenvalue weighted by Crippen LogP contribution is -2.14. The van der Waals surface area contributed by atoms with E-state index in [1.54, 1.807) is 24.3 Å². The molecule has 1 N–H and O–H groups in total. The second-order valence-electron chi connectivity index (χ2n) is 7.54. The van der Waals surface area contributed by atoms with Crippen molar-refractivity contribution in [2.24, 2.45) is 0 Å². The molecule has 0 radical (unpaired) electrons. The molecule has 184 valence electrons. The first-order valence-corrected chi connectivity index (χ1v) is 10.3. The van der Waals surface area contributed by atoms with Crippen molar-refractivity contribution >= 4 is 17.4 Å². The molecule has 0 aliphatic carbocycles. The van der Waals surface area contributed by atoms with Crippen molar-refractivity contribution in [1.82, 2.24) is 9.78 Å². The number of hydrogen-bond acceptors (Lipinski definition) is 5. The van der Waals surface area contributed by atoms with E-state index in [-0.39, 0.29) is 29.7 Å². The fraction of sp³-hybridized carbons (Fsp3) is 0.0833. The van der Waals surface area contributed by atoms with Crippen molar-refractivity contribution in [3.05, 3.63) is 117 Å². The number of anilines is 1. The van der Waals surface area contributed by atoms with E-state index in [0.29, 0.717) is 11.3 Å². The van der Waals surface area contributed by atoms with E-state index in [1.807, 2.05) is 0 Å². The average Bonchev–Trinajstić information content (AvgIpc) is 3.31. The van der Waals surface area contributed by atoms with E-state index < -0.39 is 46.2 Å². The fourth-order valence-corrected chi connectivity index (χ4v) is 3.26. The third-order valence-corrected chi connectivity index (χ3v) is 5.05. The van der Waals surface area contributed by atoms with Gasteiger partial charge in [0, 0.05) is 36.0 Å². The van der Waals surface area contributed by atoms with E-state index >= 15 is 0 Å². The molecule has 1 amide bonds. The number of hydrogen-bond donors (Lipinski definition) is 1. The van der Waals surface area contributed by atoms with E-state index in [0.717, 1.165) is 4.68 Å².